The molecule has 1 amide bonds. The van der Waals surface area contributed by atoms with Crippen LogP contribution in [0.2, 0.25) is 0 Å². The summed E-state index contributed by atoms with van der Waals surface area (Å²) in [4.78, 5) is 11.2. The van der Waals surface area contributed by atoms with Gasteiger partial charge >= 0.3 is 0 Å². The predicted molar refractivity (Wildman–Crippen MR) is 57.2 cm³/mol. The minimum Gasteiger partial charge on any atom is -0.355 e. The lowest BCUT2D eigenvalue weighted by Gasteiger charge is -2.03. The van der Waals surface area contributed by atoms with Gasteiger partial charge in [0.2, 0.25) is 0 Å². The van der Waals surface area contributed by atoms with E-state index in [-0.39, 0.29) is 5.91 Å². The molecule has 1 rings (SSSR count). The highest BCUT2D eigenvalue weighted by atomic mass is 16.1. The molecule has 0 spiro atoms. The average Bonchev–Trinajstić information content (AvgIpc) is 2.26. The highest BCUT2D eigenvalue weighted by molar-refractivity contribution is 5.93. The Hall–Kier alpha value is -1.35. The minimum absolute atomic E-state index is 0.0417. The fourth-order valence-corrected chi connectivity index (χ4v) is 1.19. The molecule has 1 aromatic carbocycles. The van der Waals surface area contributed by atoms with Crippen LogP contribution in [-0.2, 0) is 6.54 Å². The molecule has 76 valence electrons. The highest BCUT2D eigenvalue weighted by Gasteiger charge is 2.01. The molecule has 0 aliphatic heterocycles. The van der Waals surface area contributed by atoms with Gasteiger partial charge in [0.15, 0.2) is 0 Å². The minimum atomic E-state index is -0.0417. The number of benzene rings is 1. The largest absolute Gasteiger partial charge is 0.355 e. The molecule has 14 heavy (non-hydrogen) atoms. The molecule has 1 aromatic rings. The quantitative estimate of drug-likeness (QED) is 0.751. The Kier molecular flexibility index (Phi) is 4.13. The third kappa shape index (κ3) is 2.85. The Balaban J connectivity index is 2.63. The van der Waals surface area contributed by atoms with Crippen molar-refractivity contribution in [2.45, 2.75) is 13.5 Å². The van der Waals surface area contributed by atoms with E-state index in [2.05, 4.69) is 17.6 Å². The van der Waals surface area contributed by atoms with Gasteiger partial charge in [-0.05, 0) is 24.2 Å². The van der Waals surface area contributed by atoms with Crippen LogP contribution in [0.4, 0.5) is 0 Å². The van der Waals surface area contributed by atoms with Crippen molar-refractivity contribution in [1.29, 1.82) is 0 Å². The van der Waals surface area contributed by atoms with Gasteiger partial charge in [-0.1, -0.05) is 19.1 Å². The second-order valence-electron chi connectivity index (χ2n) is 3.06. The van der Waals surface area contributed by atoms with Gasteiger partial charge in [0, 0.05) is 19.2 Å². The summed E-state index contributed by atoms with van der Waals surface area (Å²) in [6.07, 6.45) is 0. The van der Waals surface area contributed by atoms with Crippen LogP contribution >= 0.6 is 0 Å². The molecule has 3 nitrogen and oxygen atoms in total. The van der Waals surface area contributed by atoms with Crippen LogP contribution in [0.3, 0.4) is 0 Å². The number of carbonyl (C=O) groups excluding carboxylic acids is 1. The van der Waals surface area contributed by atoms with Crippen LogP contribution in [0, 0.1) is 0 Å². The van der Waals surface area contributed by atoms with E-state index < -0.39 is 0 Å². The van der Waals surface area contributed by atoms with Crippen molar-refractivity contribution in [3.05, 3.63) is 35.4 Å². The van der Waals surface area contributed by atoms with Crippen molar-refractivity contribution in [1.82, 2.24) is 10.6 Å². The molecule has 0 saturated heterocycles. The molecule has 0 fully saturated rings. The summed E-state index contributed by atoms with van der Waals surface area (Å²) in [6, 6.07) is 7.61. The number of hydrogen-bond acceptors (Lipinski definition) is 2. The van der Waals surface area contributed by atoms with E-state index in [1.807, 2.05) is 24.3 Å². The lowest BCUT2D eigenvalue weighted by atomic mass is 10.1. The molecule has 0 bridgehead atoms. The second-order valence-corrected chi connectivity index (χ2v) is 3.06. The van der Waals surface area contributed by atoms with E-state index in [0.29, 0.717) is 5.56 Å². The lowest BCUT2D eigenvalue weighted by molar-refractivity contribution is 0.0963. The molecule has 0 aliphatic carbocycles. The van der Waals surface area contributed by atoms with E-state index in [0.717, 1.165) is 13.1 Å². The summed E-state index contributed by atoms with van der Waals surface area (Å²) in [5, 5.41) is 5.82. The van der Waals surface area contributed by atoms with Crippen molar-refractivity contribution < 1.29 is 4.79 Å². The molecule has 2 N–H and O–H groups in total. The van der Waals surface area contributed by atoms with E-state index in [1.54, 1.807) is 7.05 Å². The average molecular weight is 192 g/mol. The van der Waals surface area contributed by atoms with Crippen LogP contribution in [0.15, 0.2) is 24.3 Å². The summed E-state index contributed by atoms with van der Waals surface area (Å²) in [7, 11) is 1.63. The van der Waals surface area contributed by atoms with E-state index in [1.165, 1.54) is 5.56 Å². The maximum atomic E-state index is 11.2. The van der Waals surface area contributed by atoms with Gasteiger partial charge in [-0.25, -0.2) is 0 Å². The zero-order valence-corrected chi connectivity index (χ0v) is 8.63. The first-order chi connectivity index (χ1) is 6.77. The van der Waals surface area contributed by atoms with Gasteiger partial charge in [-0.3, -0.25) is 4.79 Å². The molecule has 3 heteroatoms. The maximum absolute atomic E-state index is 11.2. The van der Waals surface area contributed by atoms with Gasteiger partial charge in [0.25, 0.3) is 5.91 Å². The number of rotatable bonds is 4. The van der Waals surface area contributed by atoms with Gasteiger partial charge in [0.05, 0.1) is 0 Å². The zero-order valence-electron chi connectivity index (χ0n) is 8.63. The predicted octanol–water partition coefficient (Wildman–Crippen LogP) is 1.16. The SMILES string of the molecule is CCNCc1ccc(C(=O)NC)cc1. The maximum Gasteiger partial charge on any atom is 0.251 e. The van der Waals surface area contributed by atoms with Gasteiger partial charge in [0.1, 0.15) is 0 Å². The first kappa shape index (κ1) is 10.7. The van der Waals surface area contributed by atoms with E-state index in [9.17, 15) is 4.79 Å². The molecule has 0 aromatic heterocycles. The molecule has 0 saturated carbocycles. The fourth-order valence-electron chi connectivity index (χ4n) is 1.19. The fraction of sp³-hybridized carbons (Fsp3) is 0.364. The summed E-state index contributed by atoms with van der Waals surface area (Å²) in [5.74, 6) is -0.0417. The van der Waals surface area contributed by atoms with E-state index in [4.69, 9.17) is 0 Å². The van der Waals surface area contributed by atoms with Crippen molar-refractivity contribution in [2.75, 3.05) is 13.6 Å². The smallest absolute Gasteiger partial charge is 0.251 e. The first-order valence-corrected chi connectivity index (χ1v) is 4.79. The van der Waals surface area contributed by atoms with Crippen molar-refractivity contribution in [2.24, 2.45) is 0 Å². The van der Waals surface area contributed by atoms with Crippen LogP contribution < -0.4 is 10.6 Å². The number of nitrogens with one attached hydrogen (secondary N) is 2. The van der Waals surface area contributed by atoms with Crippen molar-refractivity contribution >= 4 is 5.91 Å². The van der Waals surface area contributed by atoms with E-state index >= 15 is 0 Å². The third-order valence-electron chi connectivity index (χ3n) is 2.02. The Morgan fingerprint density at radius 1 is 1.29 bits per heavy atom. The molecule has 0 radical (unpaired) electrons. The van der Waals surface area contributed by atoms with Crippen LogP contribution in [-0.4, -0.2) is 19.5 Å². The van der Waals surface area contributed by atoms with Gasteiger partial charge < -0.3 is 10.6 Å². The first-order valence-electron chi connectivity index (χ1n) is 4.79. The topological polar surface area (TPSA) is 41.1 Å². The molecule has 0 atom stereocenters. The van der Waals surface area contributed by atoms with Gasteiger partial charge in [-0.15, -0.1) is 0 Å². The second kappa shape index (κ2) is 5.40. The normalized spacial score (nSPS) is 9.86. The number of carbonyl (C=O) groups is 1. The van der Waals surface area contributed by atoms with Crippen LogP contribution in [0.5, 0.6) is 0 Å². The Morgan fingerprint density at radius 3 is 2.43 bits per heavy atom. The molecule has 0 unspecified atom stereocenters. The molecule has 0 heterocycles. The van der Waals surface area contributed by atoms with Crippen LogP contribution in [0.25, 0.3) is 0 Å². The standard InChI is InChI=1S/C11H16N2O/c1-3-13-8-9-4-6-10(7-5-9)11(14)12-2/h4-7,13H,3,8H2,1-2H3,(H,12,14). The van der Waals surface area contributed by atoms with Crippen LogP contribution in [0.1, 0.15) is 22.8 Å². The molecular formula is C11H16N2O. The summed E-state index contributed by atoms with van der Waals surface area (Å²) >= 11 is 0. The third-order valence-corrected chi connectivity index (χ3v) is 2.02. The number of amides is 1. The Bertz CT molecular complexity index is 293. The summed E-state index contributed by atoms with van der Waals surface area (Å²) < 4.78 is 0. The van der Waals surface area contributed by atoms with Gasteiger partial charge in [-0.2, -0.15) is 0 Å². The molecular weight excluding hydrogens is 176 g/mol. The van der Waals surface area contributed by atoms with Crippen molar-refractivity contribution in [3.63, 3.8) is 0 Å². The highest BCUT2D eigenvalue weighted by Crippen LogP contribution is 2.03. The van der Waals surface area contributed by atoms with Crippen molar-refractivity contribution in [3.8, 4) is 0 Å². The number of hydrogen-bond donors (Lipinski definition) is 2. The summed E-state index contributed by atoms with van der Waals surface area (Å²) in [6.45, 7) is 3.88. The lowest BCUT2D eigenvalue weighted by Crippen LogP contribution is -2.18. The Labute approximate surface area is 84.5 Å². The monoisotopic (exact) mass is 192 g/mol. The summed E-state index contributed by atoms with van der Waals surface area (Å²) in [5.41, 5.74) is 1.90. The zero-order chi connectivity index (χ0) is 10.4. The molecule has 0 aliphatic rings. The Morgan fingerprint density at radius 2 is 1.93 bits per heavy atom.